The lowest BCUT2D eigenvalue weighted by Crippen LogP contribution is -2.58. The SMILES string of the molecule is CC(O)C(N)C(=O)NC(CCC(N)=O)C(=O)NC(CCC(N)=O)C(=O)NC(CC(N)=O)C(=O)O. The van der Waals surface area contributed by atoms with Crippen LogP contribution in [0.3, 0.4) is 0 Å². The van der Waals surface area contributed by atoms with E-state index in [1.54, 1.807) is 0 Å². The van der Waals surface area contributed by atoms with Crippen LogP contribution in [0.15, 0.2) is 0 Å². The van der Waals surface area contributed by atoms with Crippen molar-refractivity contribution in [2.75, 3.05) is 0 Å². The Morgan fingerprint density at radius 3 is 1.41 bits per heavy atom. The Morgan fingerprint density at radius 1 is 0.706 bits per heavy atom. The number of amides is 6. The van der Waals surface area contributed by atoms with Crippen molar-refractivity contribution in [3.8, 4) is 0 Å². The fraction of sp³-hybridized carbons (Fsp3) is 0.611. The highest BCUT2D eigenvalue weighted by Crippen LogP contribution is 2.05. The first-order chi connectivity index (χ1) is 15.6. The second kappa shape index (κ2) is 14.4. The number of aliphatic carboxylic acids is 1. The van der Waals surface area contributed by atoms with Crippen LogP contribution in [0, 0.1) is 0 Å². The third kappa shape index (κ3) is 11.7. The van der Waals surface area contributed by atoms with E-state index in [1.165, 1.54) is 6.92 Å². The Kier molecular flexibility index (Phi) is 12.8. The number of hydrogen-bond donors (Lipinski definition) is 9. The second-order valence-corrected chi connectivity index (χ2v) is 7.47. The normalized spacial score (nSPS) is 15.0. The van der Waals surface area contributed by atoms with Crippen LogP contribution in [0.1, 0.15) is 39.0 Å². The summed E-state index contributed by atoms with van der Waals surface area (Å²) >= 11 is 0. The standard InChI is InChI=1S/C18H31N7O9/c1-7(26)14(22)17(32)24-9(3-5-12(20)28)15(30)23-8(2-4-11(19)27)16(31)25-10(18(33)34)6-13(21)29/h7-10,14,26H,2-6,22H2,1H3,(H2,19,27)(H2,20,28)(H2,21,29)(H,23,30)(H,24,32)(H,25,31)(H,33,34). The van der Waals surface area contributed by atoms with Gasteiger partial charge in [-0.25, -0.2) is 4.79 Å². The summed E-state index contributed by atoms with van der Waals surface area (Å²) in [7, 11) is 0. The summed E-state index contributed by atoms with van der Waals surface area (Å²) in [6, 6.07) is -6.09. The molecule has 6 amide bonds. The van der Waals surface area contributed by atoms with Gasteiger partial charge in [0.1, 0.15) is 24.2 Å². The van der Waals surface area contributed by atoms with Crippen LogP contribution in [0.4, 0.5) is 0 Å². The number of carboxylic acids is 1. The number of carbonyl (C=O) groups is 7. The molecule has 5 unspecified atom stereocenters. The molecule has 0 heterocycles. The lowest BCUT2D eigenvalue weighted by atomic mass is 10.1. The largest absolute Gasteiger partial charge is 0.480 e. The number of nitrogens with two attached hydrogens (primary N) is 4. The van der Waals surface area contributed by atoms with Gasteiger partial charge in [0.2, 0.25) is 35.4 Å². The van der Waals surface area contributed by atoms with Gasteiger partial charge >= 0.3 is 5.97 Å². The summed E-state index contributed by atoms with van der Waals surface area (Å²) in [4.78, 5) is 82.1. The third-order valence-electron chi connectivity index (χ3n) is 4.47. The zero-order valence-corrected chi connectivity index (χ0v) is 18.5. The van der Waals surface area contributed by atoms with Gasteiger partial charge in [-0.2, -0.15) is 0 Å². The summed E-state index contributed by atoms with van der Waals surface area (Å²) in [6.07, 6.45) is -3.42. The molecule has 16 heteroatoms. The number of nitrogens with one attached hydrogen (secondary N) is 3. The zero-order valence-electron chi connectivity index (χ0n) is 18.5. The van der Waals surface area contributed by atoms with E-state index in [9.17, 15) is 38.7 Å². The highest BCUT2D eigenvalue weighted by atomic mass is 16.4. The van der Waals surface area contributed by atoms with Gasteiger partial charge in [0.25, 0.3) is 0 Å². The number of rotatable bonds is 16. The average Bonchev–Trinajstić information content (AvgIpc) is 2.71. The minimum atomic E-state index is -1.72. The number of aliphatic hydroxyl groups is 1. The fourth-order valence-electron chi connectivity index (χ4n) is 2.54. The summed E-state index contributed by atoms with van der Waals surface area (Å²) in [5.74, 6) is -7.25. The molecule has 0 bridgehead atoms. The molecule has 0 aromatic heterocycles. The van der Waals surface area contributed by atoms with Crippen LogP contribution < -0.4 is 38.9 Å². The maximum Gasteiger partial charge on any atom is 0.326 e. The molecular weight excluding hydrogens is 458 g/mol. The van der Waals surface area contributed by atoms with E-state index in [1.807, 2.05) is 5.32 Å². The highest BCUT2D eigenvalue weighted by Gasteiger charge is 2.31. The van der Waals surface area contributed by atoms with E-state index in [-0.39, 0.29) is 19.3 Å². The van der Waals surface area contributed by atoms with Crippen molar-refractivity contribution in [3.05, 3.63) is 0 Å². The molecule has 0 aromatic carbocycles. The number of aliphatic hydroxyl groups excluding tert-OH is 1. The first-order valence-corrected chi connectivity index (χ1v) is 10.1. The summed E-state index contributed by atoms with van der Waals surface area (Å²) in [5, 5.41) is 25.1. The van der Waals surface area contributed by atoms with Crippen LogP contribution in [-0.4, -0.2) is 81.9 Å². The Balaban J connectivity index is 5.66. The number of hydrogen-bond acceptors (Lipinski definition) is 9. The third-order valence-corrected chi connectivity index (χ3v) is 4.47. The molecule has 0 aliphatic heterocycles. The quantitative estimate of drug-likeness (QED) is 0.0990. The first kappa shape index (κ1) is 30.2. The summed E-state index contributed by atoms with van der Waals surface area (Å²) in [6.45, 7) is 1.23. The summed E-state index contributed by atoms with van der Waals surface area (Å²) < 4.78 is 0. The van der Waals surface area contributed by atoms with Gasteiger partial charge in [-0.3, -0.25) is 28.8 Å². The minimum Gasteiger partial charge on any atom is -0.480 e. The second-order valence-electron chi connectivity index (χ2n) is 7.47. The van der Waals surface area contributed by atoms with Gasteiger partial charge in [-0.15, -0.1) is 0 Å². The molecule has 13 N–H and O–H groups in total. The molecular formula is C18H31N7O9. The molecule has 0 saturated carbocycles. The van der Waals surface area contributed by atoms with Crippen molar-refractivity contribution in [2.24, 2.45) is 22.9 Å². The lowest BCUT2D eigenvalue weighted by Gasteiger charge is -2.25. The van der Waals surface area contributed by atoms with Crippen molar-refractivity contribution >= 4 is 41.4 Å². The van der Waals surface area contributed by atoms with E-state index in [0.29, 0.717) is 0 Å². The van der Waals surface area contributed by atoms with Crippen LogP contribution >= 0.6 is 0 Å². The first-order valence-electron chi connectivity index (χ1n) is 10.1. The molecule has 34 heavy (non-hydrogen) atoms. The van der Waals surface area contributed by atoms with Crippen LogP contribution in [-0.2, 0) is 33.6 Å². The monoisotopic (exact) mass is 489 g/mol. The van der Waals surface area contributed by atoms with E-state index in [4.69, 9.17) is 28.0 Å². The van der Waals surface area contributed by atoms with Crippen molar-refractivity contribution in [1.82, 2.24) is 16.0 Å². The van der Waals surface area contributed by atoms with Crippen LogP contribution in [0.2, 0.25) is 0 Å². The maximum absolute atomic E-state index is 12.8. The smallest absolute Gasteiger partial charge is 0.326 e. The van der Waals surface area contributed by atoms with E-state index >= 15 is 0 Å². The number of carboxylic acid groups (broad SMARTS) is 1. The molecule has 0 aliphatic rings. The Bertz CT molecular complexity index is 803. The predicted octanol–water partition coefficient (Wildman–Crippen LogP) is -5.36. The van der Waals surface area contributed by atoms with E-state index < -0.39 is 84.5 Å². The van der Waals surface area contributed by atoms with E-state index in [2.05, 4.69) is 10.6 Å². The van der Waals surface area contributed by atoms with Gasteiger partial charge in [-0.1, -0.05) is 0 Å². The number of carbonyl (C=O) groups excluding carboxylic acids is 6. The Hall–Kier alpha value is -3.79. The van der Waals surface area contributed by atoms with Crippen LogP contribution in [0.25, 0.3) is 0 Å². The van der Waals surface area contributed by atoms with Crippen molar-refractivity contribution in [1.29, 1.82) is 0 Å². The molecule has 0 fully saturated rings. The van der Waals surface area contributed by atoms with Crippen molar-refractivity contribution < 1.29 is 43.8 Å². The molecule has 0 saturated heterocycles. The Labute approximate surface area is 194 Å². The molecule has 0 aliphatic carbocycles. The maximum atomic E-state index is 12.8. The molecule has 192 valence electrons. The fourth-order valence-corrected chi connectivity index (χ4v) is 2.54. The Morgan fingerprint density at radius 2 is 1.09 bits per heavy atom. The van der Waals surface area contributed by atoms with Gasteiger partial charge in [-0.05, 0) is 19.8 Å². The van der Waals surface area contributed by atoms with Gasteiger partial charge < -0.3 is 49.1 Å². The minimum absolute atomic E-state index is 0.303. The highest BCUT2D eigenvalue weighted by molar-refractivity contribution is 5.95. The molecule has 0 aromatic rings. The van der Waals surface area contributed by atoms with Crippen molar-refractivity contribution in [3.63, 3.8) is 0 Å². The molecule has 0 radical (unpaired) electrons. The molecule has 5 atom stereocenters. The van der Waals surface area contributed by atoms with Gasteiger partial charge in [0.05, 0.1) is 12.5 Å². The van der Waals surface area contributed by atoms with Crippen LogP contribution in [0.5, 0.6) is 0 Å². The molecule has 0 rings (SSSR count). The lowest BCUT2D eigenvalue weighted by molar-refractivity contribution is -0.144. The molecule has 0 spiro atoms. The van der Waals surface area contributed by atoms with Gasteiger partial charge in [0.15, 0.2) is 0 Å². The van der Waals surface area contributed by atoms with E-state index in [0.717, 1.165) is 0 Å². The topological polar surface area (TPSA) is 300 Å². The molecule has 16 nitrogen and oxygen atoms in total. The number of primary amides is 3. The van der Waals surface area contributed by atoms with Gasteiger partial charge in [0, 0.05) is 12.8 Å². The average molecular weight is 489 g/mol. The predicted molar refractivity (Wildman–Crippen MR) is 114 cm³/mol. The zero-order chi connectivity index (χ0) is 26.6. The van der Waals surface area contributed by atoms with Crippen molar-refractivity contribution in [2.45, 2.75) is 69.3 Å². The summed E-state index contributed by atoms with van der Waals surface area (Å²) in [5.41, 5.74) is 20.6.